The van der Waals surface area contributed by atoms with Crippen LogP contribution in [-0.4, -0.2) is 19.9 Å². The van der Waals surface area contributed by atoms with Gasteiger partial charge >= 0.3 is 0 Å². The Morgan fingerprint density at radius 1 is 1.57 bits per heavy atom. The molecule has 1 heterocycles. The highest BCUT2D eigenvalue weighted by Crippen LogP contribution is 2.11. The number of nitrogens with one attached hydrogen (secondary N) is 1. The minimum atomic E-state index is -3.45. The fourth-order valence-electron chi connectivity index (χ4n) is 1.09. The van der Waals surface area contributed by atoms with Gasteiger partial charge in [-0.2, -0.15) is 0 Å². The van der Waals surface area contributed by atoms with Gasteiger partial charge in [-0.1, -0.05) is 6.92 Å². The third kappa shape index (κ3) is 2.28. The van der Waals surface area contributed by atoms with Crippen LogP contribution in [0.25, 0.3) is 0 Å². The van der Waals surface area contributed by atoms with Crippen molar-refractivity contribution in [2.75, 3.05) is 6.54 Å². The molecule has 0 saturated heterocycles. The minimum Gasteiger partial charge on any atom is -0.325 e. The standard InChI is InChI=1S/C8H13N3O2S/c1-2-11-14(12,13)8-4-3-5-10-7(8)6-9/h3-5,11H,2,6,9H2,1H3. The van der Waals surface area contributed by atoms with Crippen molar-refractivity contribution in [3.63, 3.8) is 0 Å². The lowest BCUT2D eigenvalue weighted by Crippen LogP contribution is -2.25. The molecule has 78 valence electrons. The summed E-state index contributed by atoms with van der Waals surface area (Å²) in [5.41, 5.74) is 5.77. The number of sulfonamides is 1. The zero-order chi connectivity index (χ0) is 10.6. The first kappa shape index (κ1) is 11.1. The highest BCUT2D eigenvalue weighted by molar-refractivity contribution is 7.89. The molecule has 1 aromatic rings. The fraction of sp³-hybridized carbons (Fsp3) is 0.375. The van der Waals surface area contributed by atoms with E-state index in [9.17, 15) is 8.42 Å². The summed E-state index contributed by atoms with van der Waals surface area (Å²) in [7, 11) is -3.45. The smallest absolute Gasteiger partial charge is 0.242 e. The summed E-state index contributed by atoms with van der Waals surface area (Å²) in [4.78, 5) is 4.06. The molecule has 0 saturated carbocycles. The summed E-state index contributed by atoms with van der Waals surface area (Å²) in [6, 6.07) is 3.07. The monoisotopic (exact) mass is 215 g/mol. The Morgan fingerprint density at radius 2 is 2.29 bits per heavy atom. The Hall–Kier alpha value is -0.980. The van der Waals surface area contributed by atoms with E-state index >= 15 is 0 Å². The van der Waals surface area contributed by atoms with Crippen molar-refractivity contribution in [2.24, 2.45) is 5.73 Å². The molecule has 1 rings (SSSR count). The number of nitrogens with two attached hydrogens (primary N) is 1. The Kier molecular flexibility index (Phi) is 3.56. The maximum atomic E-state index is 11.6. The molecule has 1 aromatic heterocycles. The lowest BCUT2D eigenvalue weighted by atomic mass is 10.3. The average molecular weight is 215 g/mol. The number of pyridine rings is 1. The van der Waals surface area contributed by atoms with Crippen LogP contribution < -0.4 is 10.5 Å². The molecule has 0 aromatic carbocycles. The van der Waals surface area contributed by atoms with Crippen LogP contribution in [0.3, 0.4) is 0 Å². The molecule has 3 N–H and O–H groups in total. The summed E-state index contributed by atoms with van der Waals surface area (Å²) in [6.07, 6.45) is 1.52. The van der Waals surface area contributed by atoms with Gasteiger partial charge in [0.15, 0.2) is 0 Å². The summed E-state index contributed by atoms with van der Waals surface area (Å²) in [5, 5.41) is 0. The Labute approximate surface area is 83.4 Å². The molecule has 0 aliphatic carbocycles. The minimum absolute atomic E-state index is 0.112. The quantitative estimate of drug-likeness (QED) is 0.730. The Morgan fingerprint density at radius 3 is 2.86 bits per heavy atom. The zero-order valence-corrected chi connectivity index (χ0v) is 8.71. The highest BCUT2D eigenvalue weighted by atomic mass is 32.2. The van der Waals surface area contributed by atoms with Gasteiger partial charge in [0.25, 0.3) is 0 Å². The van der Waals surface area contributed by atoms with Crippen molar-refractivity contribution in [1.82, 2.24) is 9.71 Å². The van der Waals surface area contributed by atoms with E-state index in [0.29, 0.717) is 12.2 Å². The number of hydrogen-bond donors (Lipinski definition) is 2. The molecule has 14 heavy (non-hydrogen) atoms. The van der Waals surface area contributed by atoms with E-state index in [2.05, 4.69) is 9.71 Å². The fourth-order valence-corrected chi connectivity index (χ4v) is 2.33. The van der Waals surface area contributed by atoms with Gasteiger partial charge in [0, 0.05) is 19.3 Å². The van der Waals surface area contributed by atoms with Gasteiger partial charge in [-0.15, -0.1) is 0 Å². The molecule has 0 aliphatic heterocycles. The highest BCUT2D eigenvalue weighted by Gasteiger charge is 2.16. The van der Waals surface area contributed by atoms with Crippen LogP contribution in [0.4, 0.5) is 0 Å². The first-order valence-corrected chi connectivity index (χ1v) is 5.73. The van der Waals surface area contributed by atoms with Crippen LogP contribution in [0.5, 0.6) is 0 Å². The van der Waals surface area contributed by atoms with Crippen molar-refractivity contribution >= 4 is 10.0 Å². The van der Waals surface area contributed by atoms with E-state index in [0.717, 1.165) is 0 Å². The third-order valence-corrected chi connectivity index (χ3v) is 3.29. The van der Waals surface area contributed by atoms with Gasteiger partial charge in [-0.05, 0) is 12.1 Å². The lowest BCUT2D eigenvalue weighted by Gasteiger charge is -2.07. The predicted octanol–water partition coefficient (Wildman–Crippen LogP) is -0.162. The Balaban J connectivity index is 3.18. The maximum Gasteiger partial charge on any atom is 0.242 e. The molecule has 0 aliphatic rings. The zero-order valence-electron chi connectivity index (χ0n) is 7.90. The van der Waals surface area contributed by atoms with E-state index in [-0.39, 0.29) is 11.4 Å². The van der Waals surface area contributed by atoms with E-state index in [1.165, 1.54) is 12.3 Å². The summed E-state index contributed by atoms with van der Waals surface area (Å²) in [6.45, 7) is 2.18. The van der Waals surface area contributed by atoms with Crippen molar-refractivity contribution in [2.45, 2.75) is 18.4 Å². The lowest BCUT2D eigenvalue weighted by molar-refractivity contribution is 0.582. The van der Waals surface area contributed by atoms with Gasteiger partial charge in [0.2, 0.25) is 10.0 Å². The van der Waals surface area contributed by atoms with E-state index in [4.69, 9.17) is 5.73 Å². The second kappa shape index (κ2) is 4.50. The van der Waals surface area contributed by atoms with E-state index in [1.54, 1.807) is 13.0 Å². The van der Waals surface area contributed by atoms with E-state index < -0.39 is 10.0 Å². The second-order valence-corrected chi connectivity index (χ2v) is 4.39. The van der Waals surface area contributed by atoms with Gasteiger partial charge in [0.05, 0.1) is 5.69 Å². The summed E-state index contributed by atoms with van der Waals surface area (Å²) in [5.74, 6) is 0. The molecule has 0 fully saturated rings. The predicted molar refractivity (Wildman–Crippen MR) is 53.0 cm³/mol. The molecule has 0 radical (unpaired) electrons. The summed E-state index contributed by atoms with van der Waals surface area (Å²) >= 11 is 0. The van der Waals surface area contributed by atoms with Crippen LogP contribution in [0.2, 0.25) is 0 Å². The van der Waals surface area contributed by atoms with Gasteiger partial charge in [-0.25, -0.2) is 13.1 Å². The van der Waals surface area contributed by atoms with Crippen molar-refractivity contribution in [1.29, 1.82) is 0 Å². The van der Waals surface area contributed by atoms with Gasteiger partial charge in [-0.3, -0.25) is 4.98 Å². The first-order chi connectivity index (χ1) is 6.61. The molecule has 0 spiro atoms. The van der Waals surface area contributed by atoms with Gasteiger partial charge in [0.1, 0.15) is 4.90 Å². The van der Waals surface area contributed by atoms with Crippen molar-refractivity contribution < 1.29 is 8.42 Å². The number of aromatic nitrogens is 1. The molecule has 0 unspecified atom stereocenters. The van der Waals surface area contributed by atoms with Gasteiger partial charge < -0.3 is 5.73 Å². The van der Waals surface area contributed by atoms with Crippen molar-refractivity contribution in [3.8, 4) is 0 Å². The van der Waals surface area contributed by atoms with Crippen LogP contribution in [0, 0.1) is 0 Å². The molecule has 0 bridgehead atoms. The molecule has 5 nitrogen and oxygen atoms in total. The van der Waals surface area contributed by atoms with Crippen LogP contribution in [0.15, 0.2) is 23.2 Å². The molecule has 0 amide bonds. The SMILES string of the molecule is CCNS(=O)(=O)c1cccnc1CN. The normalized spacial score (nSPS) is 11.6. The molecular formula is C8H13N3O2S. The number of nitrogens with zero attached hydrogens (tertiary/aromatic N) is 1. The second-order valence-electron chi connectivity index (χ2n) is 2.65. The average Bonchev–Trinajstić information content (AvgIpc) is 2.18. The van der Waals surface area contributed by atoms with Crippen LogP contribution >= 0.6 is 0 Å². The Bertz CT molecular complexity index is 403. The summed E-state index contributed by atoms with van der Waals surface area (Å²) < 4.78 is 25.6. The number of rotatable bonds is 4. The molecule has 6 heteroatoms. The maximum absolute atomic E-state index is 11.6. The molecule has 0 atom stereocenters. The topological polar surface area (TPSA) is 85.1 Å². The molecular weight excluding hydrogens is 202 g/mol. The van der Waals surface area contributed by atoms with E-state index in [1.807, 2.05) is 0 Å². The number of hydrogen-bond acceptors (Lipinski definition) is 4. The first-order valence-electron chi connectivity index (χ1n) is 4.25. The van der Waals surface area contributed by atoms with Crippen molar-refractivity contribution in [3.05, 3.63) is 24.0 Å². The largest absolute Gasteiger partial charge is 0.325 e. The van der Waals surface area contributed by atoms with Crippen LogP contribution in [0.1, 0.15) is 12.6 Å². The third-order valence-electron chi connectivity index (χ3n) is 1.67. The van der Waals surface area contributed by atoms with Crippen LogP contribution in [-0.2, 0) is 16.6 Å².